The predicted octanol–water partition coefficient (Wildman–Crippen LogP) is 1.71. The van der Waals surface area contributed by atoms with E-state index < -0.39 is 0 Å². The molecule has 0 saturated carbocycles. The molecule has 0 aromatic heterocycles. The number of nitrogens with zero attached hydrogens (tertiary/aromatic N) is 1. The molecule has 82 valence electrons. The van der Waals surface area contributed by atoms with Crippen LogP contribution in [0.2, 0.25) is 0 Å². The zero-order chi connectivity index (χ0) is 10.4. The summed E-state index contributed by atoms with van der Waals surface area (Å²) in [5, 5.41) is 12.5. The molecular weight excluding hydrogens is 176 g/mol. The van der Waals surface area contributed by atoms with Gasteiger partial charge in [0, 0.05) is 25.1 Å². The lowest BCUT2D eigenvalue weighted by molar-refractivity contribution is 0.231. The van der Waals surface area contributed by atoms with Crippen LogP contribution in [0.3, 0.4) is 0 Å². The van der Waals surface area contributed by atoms with Gasteiger partial charge in [0.05, 0.1) is 5.84 Å². The Morgan fingerprint density at radius 3 is 2.79 bits per heavy atom. The van der Waals surface area contributed by atoms with Crippen LogP contribution in [-0.2, 0) is 0 Å². The molecule has 0 amide bonds. The SMILES string of the molecule is CCC(C)(CCO)NC1=NCCCC1. The molecule has 14 heavy (non-hydrogen) atoms. The summed E-state index contributed by atoms with van der Waals surface area (Å²) in [6.07, 6.45) is 5.34. The first kappa shape index (κ1) is 11.5. The minimum absolute atomic E-state index is 0.0188. The summed E-state index contributed by atoms with van der Waals surface area (Å²) in [6.45, 7) is 5.50. The average molecular weight is 198 g/mol. The molecule has 0 bridgehead atoms. The van der Waals surface area contributed by atoms with Crippen molar-refractivity contribution < 1.29 is 5.11 Å². The minimum atomic E-state index is 0.0188. The second-order valence-electron chi connectivity index (χ2n) is 4.30. The molecule has 0 aromatic rings. The summed E-state index contributed by atoms with van der Waals surface area (Å²) in [5.41, 5.74) is 0.0188. The van der Waals surface area contributed by atoms with Gasteiger partial charge in [0.25, 0.3) is 0 Å². The number of aliphatic hydroxyl groups excluding tert-OH is 1. The maximum atomic E-state index is 8.98. The minimum Gasteiger partial charge on any atom is -0.396 e. The Kier molecular flexibility index (Phi) is 4.39. The van der Waals surface area contributed by atoms with Crippen molar-refractivity contribution in [1.82, 2.24) is 5.32 Å². The van der Waals surface area contributed by atoms with E-state index in [2.05, 4.69) is 24.2 Å². The molecule has 0 aromatic carbocycles. The van der Waals surface area contributed by atoms with E-state index in [0.29, 0.717) is 0 Å². The van der Waals surface area contributed by atoms with Crippen LogP contribution in [0.25, 0.3) is 0 Å². The van der Waals surface area contributed by atoms with E-state index in [1.807, 2.05) is 0 Å². The van der Waals surface area contributed by atoms with Gasteiger partial charge in [-0.3, -0.25) is 4.99 Å². The molecule has 0 radical (unpaired) electrons. The Hall–Kier alpha value is -0.570. The Morgan fingerprint density at radius 2 is 2.29 bits per heavy atom. The second kappa shape index (κ2) is 5.35. The maximum Gasteiger partial charge on any atom is 0.0967 e. The highest BCUT2D eigenvalue weighted by atomic mass is 16.3. The van der Waals surface area contributed by atoms with Crippen molar-refractivity contribution in [3.63, 3.8) is 0 Å². The standard InChI is InChI=1S/C11H22N2O/c1-3-11(2,7-9-14)13-10-6-4-5-8-12-10/h14H,3-9H2,1-2H3,(H,12,13). The molecule has 1 rings (SSSR count). The van der Waals surface area contributed by atoms with Gasteiger partial charge in [-0.15, -0.1) is 0 Å². The molecule has 2 N–H and O–H groups in total. The van der Waals surface area contributed by atoms with E-state index in [1.54, 1.807) is 0 Å². The highest BCUT2D eigenvalue weighted by Gasteiger charge is 2.22. The van der Waals surface area contributed by atoms with Crippen molar-refractivity contribution in [3.8, 4) is 0 Å². The topological polar surface area (TPSA) is 44.6 Å². The fraction of sp³-hybridized carbons (Fsp3) is 0.909. The molecule has 3 heteroatoms. The van der Waals surface area contributed by atoms with Crippen molar-refractivity contribution >= 4 is 5.84 Å². The van der Waals surface area contributed by atoms with E-state index in [4.69, 9.17) is 5.11 Å². The number of hydrogen-bond acceptors (Lipinski definition) is 3. The summed E-state index contributed by atoms with van der Waals surface area (Å²) < 4.78 is 0. The van der Waals surface area contributed by atoms with Crippen LogP contribution in [0.1, 0.15) is 46.0 Å². The summed E-state index contributed by atoms with van der Waals surface area (Å²) in [7, 11) is 0. The first-order valence-electron chi connectivity index (χ1n) is 5.62. The largest absolute Gasteiger partial charge is 0.396 e. The third kappa shape index (κ3) is 3.29. The third-order valence-corrected chi connectivity index (χ3v) is 3.01. The molecule has 0 aliphatic carbocycles. The zero-order valence-corrected chi connectivity index (χ0v) is 9.34. The van der Waals surface area contributed by atoms with Crippen LogP contribution in [-0.4, -0.2) is 29.6 Å². The van der Waals surface area contributed by atoms with Gasteiger partial charge in [0.2, 0.25) is 0 Å². The molecular formula is C11H22N2O. The highest BCUT2D eigenvalue weighted by Crippen LogP contribution is 2.16. The second-order valence-corrected chi connectivity index (χ2v) is 4.30. The smallest absolute Gasteiger partial charge is 0.0967 e. The Morgan fingerprint density at radius 1 is 1.50 bits per heavy atom. The van der Waals surface area contributed by atoms with Crippen molar-refractivity contribution in [2.75, 3.05) is 13.2 Å². The van der Waals surface area contributed by atoms with Crippen molar-refractivity contribution in [3.05, 3.63) is 0 Å². The van der Waals surface area contributed by atoms with E-state index in [-0.39, 0.29) is 12.1 Å². The fourth-order valence-electron chi connectivity index (χ4n) is 1.72. The molecule has 1 heterocycles. The summed E-state index contributed by atoms with van der Waals surface area (Å²) in [6, 6.07) is 0. The van der Waals surface area contributed by atoms with Gasteiger partial charge in [-0.2, -0.15) is 0 Å². The van der Waals surface area contributed by atoms with E-state index >= 15 is 0 Å². The molecule has 3 nitrogen and oxygen atoms in total. The lowest BCUT2D eigenvalue weighted by Gasteiger charge is -2.31. The molecule has 0 fully saturated rings. The number of nitrogens with one attached hydrogen (secondary N) is 1. The van der Waals surface area contributed by atoms with Gasteiger partial charge in [-0.05, 0) is 32.6 Å². The monoisotopic (exact) mass is 198 g/mol. The number of aliphatic hydroxyl groups is 1. The van der Waals surface area contributed by atoms with Gasteiger partial charge in [0.15, 0.2) is 0 Å². The Balaban J connectivity index is 2.49. The molecule has 0 spiro atoms. The van der Waals surface area contributed by atoms with E-state index in [1.165, 1.54) is 12.8 Å². The van der Waals surface area contributed by atoms with Crippen LogP contribution in [0.5, 0.6) is 0 Å². The maximum absolute atomic E-state index is 8.98. The van der Waals surface area contributed by atoms with Gasteiger partial charge >= 0.3 is 0 Å². The van der Waals surface area contributed by atoms with Crippen molar-refractivity contribution in [2.45, 2.75) is 51.5 Å². The molecule has 1 atom stereocenters. The van der Waals surface area contributed by atoms with Crippen LogP contribution in [0, 0.1) is 0 Å². The van der Waals surface area contributed by atoms with Crippen LogP contribution in [0.15, 0.2) is 4.99 Å². The normalized spacial score (nSPS) is 21.2. The van der Waals surface area contributed by atoms with E-state index in [0.717, 1.165) is 31.6 Å². The first-order chi connectivity index (χ1) is 6.70. The average Bonchev–Trinajstić information content (AvgIpc) is 2.20. The highest BCUT2D eigenvalue weighted by molar-refractivity contribution is 5.83. The lowest BCUT2D eigenvalue weighted by atomic mass is 9.94. The van der Waals surface area contributed by atoms with Gasteiger partial charge in [0.1, 0.15) is 0 Å². The summed E-state index contributed by atoms with van der Waals surface area (Å²) >= 11 is 0. The molecule has 1 aliphatic heterocycles. The summed E-state index contributed by atoms with van der Waals surface area (Å²) in [5.74, 6) is 1.13. The fourth-order valence-corrected chi connectivity index (χ4v) is 1.72. The van der Waals surface area contributed by atoms with Crippen LogP contribution < -0.4 is 5.32 Å². The Labute approximate surface area is 86.6 Å². The Bertz CT molecular complexity index is 203. The van der Waals surface area contributed by atoms with Crippen LogP contribution >= 0.6 is 0 Å². The lowest BCUT2D eigenvalue weighted by Crippen LogP contribution is -2.46. The number of aliphatic imine (C=N–C) groups is 1. The number of hydrogen-bond donors (Lipinski definition) is 2. The van der Waals surface area contributed by atoms with Gasteiger partial charge < -0.3 is 10.4 Å². The van der Waals surface area contributed by atoms with Crippen LogP contribution in [0.4, 0.5) is 0 Å². The molecule has 1 unspecified atom stereocenters. The number of rotatable bonds is 4. The molecule has 0 saturated heterocycles. The van der Waals surface area contributed by atoms with Gasteiger partial charge in [-0.25, -0.2) is 0 Å². The van der Waals surface area contributed by atoms with Crippen molar-refractivity contribution in [2.24, 2.45) is 4.99 Å². The molecule has 1 aliphatic rings. The zero-order valence-electron chi connectivity index (χ0n) is 9.34. The van der Waals surface area contributed by atoms with E-state index in [9.17, 15) is 0 Å². The summed E-state index contributed by atoms with van der Waals surface area (Å²) in [4.78, 5) is 4.47. The third-order valence-electron chi connectivity index (χ3n) is 3.01. The van der Waals surface area contributed by atoms with Gasteiger partial charge in [-0.1, -0.05) is 6.92 Å². The number of amidine groups is 1. The van der Waals surface area contributed by atoms with Crippen molar-refractivity contribution in [1.29, 1.82) is 0 Å². The quantitative estimate of drug-likeness (QED) is 0.722. The predicted molar refractivity (Wildman–Crippen MR) is 59.7 cm³/mol. The first-order valence-corrected chi connectivity index (χ1v) is 5.62.